The van der Waals surface area contributed by atoms with Crippen molar-refractivity contribution >= 4 is 11.8 Å². The molecule has 0 spiro atoms. The molecular weight excluding hydrogens is 381 g/mol. The van der Waals surface area contributed by atoms with Crippen LogP contribution in [0, 0.1) is 34.5 Å². The van der Waals surface area contributed by atoms with E-state index in [0.29, 0.717) is 29.1 Å². The zero-order valence-electron chi connectivity index (χ0n) is 17.4. The molecule has 0 aromatic carbocycles. The molecule has 0 radical (unpaired) electrons. The first kappa shape index (κ1) is 20.7. The van der Waals surface area contributed by atoms with Crippen LogP contribution in [0.25, 0.3) is 0 Å². The fourth-order valence-corrected chi connectivity index (χ4v) is 7.15. The van der Waals surface area contributed by atoms with Gasteiger partial charge in [0.15, 0.2) is 0 Å². The van der Waals surface area contributed by atoms with E-state index in [2.05, 4.69) is 26.1 Å². The third-order valence-electron chi connectivity index (χ3n) is 8.95. The van der Waals surface area contributed by atoms with Gasteiger partial charge in [-0.3, -0.25) is 9.59 Å². The van der Waals surface area contributed by atoms with E-state index in [9.17, 15) is 22.8 Å². The van der Waals surface area contributed by atoms with Gasteiger partial charge in [-0.05, 0) is 67.6 Å². The SMILES string of the molecule is CC1CC[C@H]2[C@@H]3CCC4NC(=O)C(C(=O)NCC(F)(F)F)=C[C@]4(C)[C@@H]3CC[C@]12C. The van der Waals surface area contributed by atoms with Gasteiger partial charge in [0.05, 0.1) is 0 Å². The molecule has 7 atom stereocenters. The van der Waals surface area contributed by atoms with E-state index in [1.807, 2.05) is 5.32 Å². The molecule has 2 amide bonds. The summed E-state index contributed by atoms with van der Waals surface area (Å²) in [7, 11) is 0. The highest BCUT2D eigenvalue weighted by Gasteiger charge is 2.59. The van der Waals surface area contributed by atoms with Crippen LogP contribution in [0.15, 0.2) is 11.6 Å². The minimum absolute atomic E-state index is 0.0569. The van der Waals surface area contributed by atoms with Gasteiger partial charge in [0.25, 0.3) is 11.8 Å². The Kier molecular flexibility index (Phi) is 4.82. The average molecular weight is 412 g/mol. The van der Waals surface area contributed by atoms with E-state index in [1.165, 1.54) is 12.8 Å². The summed E-state index contributed by atoms with van der Waals surface area (Å²) >= 11 is 0. The molecular formula is C22H31F3N2O2. The molecule has 2 N–H and O–H groups in total. The van der Waals surface area contributed by atoms with Crippen molar-refractivity contribution in [2.24, 2.45) is 34.5 Å². The maximum Gasteiger partial charge on any atom is 0.405 e. The van der Waals surface area contributed by atoms with Gasteiger partial charge >= 0.3 is 6.18 Å². The second-order valence-corrected chi connectivity index (χ2v) is 10.2. The van der Waals surface area contributed by atoms with Crippen LogP contribution >= 0.6 is 0 Å². The maximum atomic E-state index is 12.5. The first-order chi connectivity index (χ1) is 13.5. The van der Waals surface area contributed by atoms with Gasteiger partial charge < -0.3 is 10.6 Å². The number of hydrogen-bond donors (Lipinski definition) is 2. The summed E-state index contributed by atoms with van der Waals surface area (Å²) in [5.41, 5.74) is -0.199. The highest BCUT2D eigenvalue weighted by molar-refractivity contribution is 6.19. The van der Waals surface area contributed by atoms with Crippen molar-refractivity contribution < 1.29 is 22.8 Å². The summed E-state index contributed by atoms with van der Waals surface area (Å²) in [6, 6.07) is -0.0569. The molecule has 0 aromatic heterocycles. The van der Waals surface area contributed by atoms with Crippen molar-refractivity contribution in [3.8, 4) is 0 Å². The van der Waals surface area contributed by atoms with E-state index in [0.717, 1.165) is 25.7 Å². The topological polar surface area (TPSA) is 58.2 Å². The Morgan fingerprint density at radius 1 is 1.17 bits per heavy atom. The number of carbonyl (C=O) groups is 2. The zero-order valence-corrected chi connectivity index (χ0v) is 17.4. The van der Waals surface area contributed by atoms with Gasteiger partial charge in [-0.2, -0.15) is 13.2 Å². The molecule has 3 saturated carbocycles. The first-order valence-corrected chi connectivity index (χ1v) is 10.8. The van der Waals surface area contributed by atoms with Gasteiger partial charge in [0.1, 0.15) is 12.1 Å². The third-order valence-corrected chi connectivity index (χ3v) is 8.95. The summed E-state index contributed by atoms with van der Waals surface area (Å²) in [6.45, 7) is 5.44. The van der Waals surface area contributed by atoms with E-state index < -0.39 is 30.0 Å². The van der Waals surface area contributed by atoms with E-state index in [4.69, 9.17) is 0 Å². The fraction of sp³-hybridized carbons (Fsp3) is 0.818. The molecule has 0 bridgehead atoms. The van der Waals surface area contributed by atoms with Crippen LogP contribution in [-0.4, -0.2) is 30.6 Å². The predicted octanol–water partition coefficient (Wildman–Crippen LogP) is 3.97. The van der Waals surface area contributed by atoms with Gasteiger partial charge in [-0.25, -0.2) is 0 Å². The quantitative estimate of drug-likeness (QED) is 0.675. The zero-order chi connectivity index (χ0) is 21.2. The summed E-state index contributed by atoms with van der Waals surface area (Å²) in [5, 5.41) is 4.81. The van der Waals surface area contributed by atoms with Crippen LogP contribution in [-0.2, 0) is 9.59 Å². The van der Waals surface area contributed by atoms with Gasteiger partial charge in [0, 0.05) is 11.5 Å². The Bertz CT molecular complexity index is 749. The lowest BCUT2D eigenvalue weighted by Gasteiger charge is -2.59. The lowest BCUT2D eigenvalue weighted by atomic mass is 9.48. The molecule has 7 heteroatoms. The number of alkyl halides is 3. The Morgan fingerprint density at radius 2 is 1.90 bits per heavy atom. The van der Waals surface area contributed by atoms with E-state index >= 15 is 0 Å². The molecule has 0 aromatic rings. The minimum atomic E-state index is -4.50. The second kappa shape index (κ2) is 6.74. The Morgan fingerprint density at radius 3 is 2.59 bits per heavy atom. The van der Waals surface area contributed by atoms with Crippen LogP contribution < -0.4 is 10.6 Å². The Balaban J connectivity index is 1.62. The smallest absolute Gasteiger partial charge is 0.348 e. The maximum absolute atomic E-state index is 12.5. The average Bonchev–Trinajstić information content (AvgIpc) is 2.94. The largest absolute Gasteiger partial charge is 0.405 e. The first-order valence-electron chi connectivity index (χ1n) is 10.8. The van der Waals surface area contributed by atoms with E-state index in [1.54, 1.807) is 6.08 Å². The van der Waals surface area contributed by atoms with Crippen molar-refractivity contribution in [2.75, 3.05) is 6.54 Å². The Labute approximate surface area is 170 Å². The number of hydrogen-bond acceptors (Lipinski definition) is 2. The summed E-state index contributed by atoms with van der Waals surface area (Å²) in [6.07, 6.45) is 3.80. The van der Waals surface area contributed by atoms with Gasteiger partial charge in [0.2, 0.25) is 0 Å². The molecule has 1 aliphatic heterocycles. The second-order valence-electron chi connectivity index (χ2n) is 10.2. The van der Waals surface area contributed by atoms with Crippen LogP contribution in [0.1, 0.15) is 59.3 Å². The number of fused-ring (bicyclic) bond motifs is 5. The number of rotatable bonds is 2. The standard InChI is InChI=1S/C22H31F3N2O2/c1-12-4-6-15-13-5-7-17-21(3,16(13)8-9-20(12,15)2)10-14(19(29)27-17)18(28)26-11-22(23,24)25/h10,12-13,15-17H,4-9,11H2,1-3H3,(H,26,28)(H,27,29)/t12?,13-,15-,16+,17?,20+,21+/m0/s1. The molecule has 0 saturated heterocycles. The third kappa shape index (κ3) is 3.28. The molecule has 3 fully saturated rings. The van der Waals surface area contributed by atoms with E-state index in [-0.39, 0.29) is 11.6 Å². The highest BCUT2D eigenvalue weighted by Crippen LogP contribution is 2.65. The minimum Gasteiger partial charge on any atom is -0.348 e. The lowest BCUT2D eigenvalue weighted by molar-refractivity contribution is -0.138. The van der Waals surface area contributed by atoms with Gasteiger partial charge in [-0.1, -0.05) is 26.8 Å². The highest BCUT2D eigenvalue weighted by atomic mass is 19.4. The number of amides is 2. The van der Waals surface area contributed by atoms with Crippen molar-refractivity contribution in [3.05, 3.63) is 11.6 Å². The molecule has 4 rings (SSSR count). The molecule has 3 aliphatic carbocycles. The molecule has 162 valence electrons. The van der Waals surface area contributed by atoms with Crippen molar-refractivity contribution in [3.63, 3.8) is 0 Å². The van der Waals surface area contributed by atoms with Crippen molar-refractivity contribution in [1.82, 2.24) is 10.6 Å². The number of halogens is 3. The Hall–Kier alpha value is -1.53. The predicted molar refractivity (Wildman–Crippen MR) is 103 cm³/mol. The van der Waals surface area contributed by atoms with Crippen LogP contribution in [0.2, 0.25) is 0 Å². The van der Waals surface area contributed by atoms with Crippen molar-refractivity contribution in [1.29, 1.82) is 0 Å². The lowest BCUT2D eigenvalue weighted by Crippen LogP contribution is -2.61. The molecule has 4 nitrogen and oxygen atoms in total. The summed E-state index contributed by atoms with van der Waals surface area (Å²) < 4.78 is 37.5. The molecule has 29 heavy (non-hydrogen) atoms. The van der Waals surface area contributed by atoms with Crippen LogP contribution in [0.4, 0.5) is 13.2 Å². The van der Waals surface area contributed by atoms with Crippen molar-refractivity contribution in [2.45, 2.75) is 71.5 Å². The summed E-state index contributed by atoms with van der Waals surface area (Å²) in [5.74, 6) is 0.769. The normalized spacial score (nSPS) is 44.1. The number of carbonyl (C=O) groups excluding carboxylic acids is 2. The van der Waals surface area contributed by atoms with Gasteiger partial charge in [-0.15, -0.1) is 0 Å². The fourth-order valence-electron chi connectivity index (χ4n) is 7.15. The number of nitrogens with one attached hydrogen (secondary N) is 2. The molecule has 2 unspecified atom stereocenters. The molecule has 1 heterocycles. The van der Waals surface area contributed by atoms with Crippen LogP contribution in [0.5, 0.6) is 0 Å². The molecule has 4 aliphatic rings. The summed E-state index contributed by atoms with van der Waals surface area (Å²) in [4.78, 5) is 24.8. The monoisotopic (exact) mass is 412 g/mol. The van der Waals surface area contributed by atoms with Crippen LogP contribution in [0.3, 0.4) is 0 Å².